The summed E-state index contributed by atoms with van der Waals surface area (Å²) in [5.41, 5.74) is 5.77. The highest BCUT2D eigenvalue weighted by molar-refractivity contribution is 5.73. The average molecular weight is 289 g/mol. The van der Waals surface area contributed by atoms with Crippen LogP contribution < -0.4 is 11.1 Å². The van der Waals surface area contributed by atoms with Crippen LogP contribution in [0.1, 0.15) is 50.5 Å². The van der Waals surface area contributed by atoms with Crippen molar-refractivity contribution in [1.82, 2.24) is 0 Å². The zero-order chi connectivity index (χ0) is 15.5. The minimum atomic E-state index is -0.536. The summed E-state index contributed by atoms with van der Waals surface area (Å²) < 4.78 is 14.2. The lowest BCUT2D eigenvalue weighted by atomic mass is 9.78. The Hall–Kier alpha value is -2.09. The van der Waals surface area contributed by atoms with E-state index in [1.165, 1.54) is 6.07 Å². The molecule has 1 fully saturated rings. The second-order valence-electron chi connectivity index (χ2n) is 5.81. The molecule has 4 nitrogen and oxygen atoms in total. The lowest BCUT2D eigenvalue weighted by molar-refractivity contribution is -0.118. The lowest BCUT2D eigenvalue weighted by Crippen LogP contribution is -2.43. The predicted octanol–water partition coefficient (Wildman–Crippen LogP) is 3.05. The van der Waals surface area contributed by atoms with Gasteiger partial charge in [-0.1, -0.05) is 13.0 Å². The largest absolute Gasteiger partial charge is 0.370 e. The topological polar surface area (TPSA) is 78.9 Å². The second kappa shape index (κ2) is 6.13. The van der Waals surface area contributed by atoms with Crippen LogP contribution in [0.5, 0.6) is 0 Å². The summed E-state index contributed by atoms with van der Waals surface area (Å²) >= 11 is 0. The van der Waals surface area contributed by atoms with Crippen molar-refractivity contribution < 1.29 is 9.18 Å². The highest BCUT2D eigenvalue weighted by Gasteiger charge is 2.37. The van der Waals surface area contributed by atoms with E-state index in [4.69, 9.17) is 5.73 Å². The number of nitrogens with one attached hydrogen (secondary N) is 1. The number of amides is 1. The van der Waals surface area contributed by atoms with Gasteiger partial charge in [0.2, 0.25) is 5.91 Å². The Morgan fingerprint density at radius 2 is 2.29 bits per heavy atom. The molecule has 0 aliphatic heterocycles. The number of nitrogens with zero attached hydrogens (tertiary/aromatic N) is 1. The van der Waals surface area contributed by atoms with Gasteiger partial charge in [0.15, 0.2) is 0 Å². The molecule has 2 rings (SSSR count). The van der Waals surface area contributed by atoms with Crippen LogP contribution in [-0.4, -0.2) is 11.4 Å². The molecule has 1 atom stereocenters. The summed E-state index contributed by atoms with van der Waals surface area (Å²) in [7, 11) is 0. The molecule has 1 unspecified atom stereocenters. The maximum Gasteiger partial charge on any atom is 0.217 e. The van der Waals surface area contributed by atoms with Gasteiger partial charge in [-0.25, -0.2) is 4.39 Å². The van der Waals surface area contributed by atoms with Gasteiger partial charge in [-0.05, 0) is 49.3 Å². The molecule has 0 bridgehead atoms. The molecule has 0 spiro atoms. The zero-order valence-corrected chi connectivity index (χ0v) is 12.2. The first-order valence-electron chi connectivity index (χ1n) is 7.23. The molecule has 0 heterocycles. The number of anilines is 1. The molecule has 0 radical (unpaired) electrons. The summed E-state index contributed by atoms with van der Waals surface area (Å²) in [6.45, 7) is 1.87. The summed E-state index contributed by atoms with van der Waals surface area (Å²) in [5, 5.41) is 12.3. The van der Waals surface area contributed by atoms with E-state index in [-0.39, 0.29) is 24.1 Å². The summed E-state index contributed by atoms with van der Waals surface area (Å²) in [5.74, 6) is -0.758. The number of halogens is 1. The van der Waals surface area contributed by atoms with Crippen LogP contribution in [0.15, 0.2) is 18.2 Å². The third kappa shape index (κ3) is 3.52. The van der Waals surface area contributed by atoms with Crippen LogP contribution in [0.2, 0.25) is 0 Å². The minimum Gasteiger partial charge on any atom is -0.370 e. The predicted molar refractivity (Wildman–Crippen MR) is 79.1 cm³/mol. The fourth-order valence-electron chi connectivity index (χ4n) is 2.59. The number of hydrogen-bond acceptors (Lipinski definition) is 3. The van der Waals surface area contributed by atoms with Crippen LogP contribution in [-0.2, 0) is 4.79 Å². The Morgan fingerprint density at radius 3 is 2.76 bits per heavy atom. The maximum absolute atomic E-state index is 14.2. The monoisotopic (exact) mass is 289 g/mol. The van der Waals surface area contributed by atoms with Gasteiger partial charge in [0, 0.05) is 12.1 Å². The molecule has 112 valence electrons. The first-order chi connectivity index (χ1) is 9.96. The van der Waals surface area contributed by atoms with Crippen molar-refractivity contribution in [2.75, 3.05) is 5.32 Å². The summed E-state index contributed by atoms with van der Waals surface area (Å²) in [6.07, 6.45) is 3.38. The Balaban J connectivity index is 2.07. The van der Waals surface area contributed by atoms with Gasteiger partial charge in [0.25, 0.3) is 0 Å². The van der Waals surface area contributed by atoms with Gasteiger partial charge in [-0.3, -0.25) is 4.79 Å². The fourth-order valence-corrected chi connectivity index (χ4v) is 2.59. The van der Waals surface area contributed by atoms with Gasteiger partial charge in [-0.15, -0.1) is 0 Å². The molecule has 1 aromatic carbocycles. The highest BCUT2D eigenvalue weighted by atomic mass is 19.1. The third-order valence-electron chi connectivity index (χ3n) is 4.16. The van der Waals surface area contributed by atoms with Crippen LogP contribution in [0, 0.1) is 17.1 Å². The molecule has 21 heavy (non-hydrogen) atoms. The van der Waals surface area contributed by atoms with Crippen molar-refractivity contribution in [1.29, 1.82) is 5.26 Å². The van der Waals surface area contributed by atoms with Crippen molar-refractivity contribution >= 4 is 11.6 Å². The van der Waals surface area contributed by atoms with Crippen LogP contribution in [0.3, 0.4) is 0 Å². The van der Waals surface area contributed by atoms with Crippen molar-refractivity contribution in [3.63, 3.8) is 0 Å². The Kier molecular flexibility index (Phi) is 4.46. The smallest absolute Gasteiger partial charge is 0.217 e. The van der Waals surface area contributed by atoms with Crippen molar-refractivity contribution in [2.45, 2.75) is 50.5 Å². The van der Waals surface area contributed by atoms with Gasteiger partial charge >= 0.3 is 0 Å². The SMILES string of the molecule is CC(CCC(N)=O)c1ccc(NC2(C#N)CCC2)cc1F. The Morgan fingerprint density at radius 1 is 1.57 bits per heavy atom. The first-order valence-corrected chi connectivity index (χ1v) is 7.23. The van der Waals surface area contributed by atoms with Gasteiger partial charge < -0.3 is 11.1 Å². The highest BCUT2D eigenvalue weighted by Crippen LogP contribution is 2.35. The van der Waals surface area contributed by atoms with Gasteiger partial charge in [-0.2, -0.15) is 5.26 Å². The number of nitriles is 1. The van der Waals surface area contributed by atoms with Gasteiger partial charge in [0.05, 0.1) is 6.07 Å². The van der Waals surface area contributed by atoms with Crippen LogP contribution in [0.25, 0.3) is 0 Å². The molecule has 5 heteroatoms. The standard InChI is InChI=1S/C16H20FN3O/c1-11(3-6-15(19)21)13-5-4-12(9-14(13)17)20-16(10-18)7-2-8-16/h4-5,9,11,20H,2-3,6-8H2,1H3,(H2,19,21). The minimum absolute atomic E-state index is 0.0693. The van der Waals surface area contributed by atoms with E-state index in [1.54, 1.807) is 12.1 Å². The molecule has 0 saturated heterocycles. The normalized spacial score (nSPS) is 17.4. The summed E-state index contributed by atoms with van der Waals surface area (Å²) in [6, 6.07) is 7.20. The van der Waals surface area contributed by atoms with Crippen LogP contribution in [0.4, 0.5) is 10.1 Å². The molecule has 1 aliphatic rings. The Bertz CT molecular complexity index is 575. The number of nitrogens with two attached hydrogens (primary N) is 1. The van der Waals surface area contributed by atoms with E-state index in [1.807, 2.05) is 6.92 Å². The maximum atomic E-state index is 14.2. The molecule has 1 saturated carbocycles. The van der Waals surface area contributed by atoms with E-state index >= 15 is 0 Å². The number of rotatable bonds is 6. The van der Waals surface area contributed by atoms with Gasteiger partial charge in [0.1, 0.15) is 11.4 Å². The van der Waals surface area contributed by atoms with E-state index < -0.39 is 5.54 Å². The molecule has 1 aromatic rings. The third-order valence-corrected chi connectivity index (χ3v) is 4.16. The lowest BCUT2D eigenvalue weighted by Gasteiger charge is -2.36. The van der Waals surface area contributed by atoms with E-state index in [9.17, 15) is 14.4 Å². The van der Waals surface area contributed by atoms with E-state index in [0.29, 0.717) is 17.7 Å². The molecule has 1 amide bonds. The van der Waals surface area contributed by atoms with Crippen molar-refractivity contribution in [2.24, 2.45) is 5.73 Å². The second-order valence-corrected chi connectivity index (χ2v) is 5.81. The summed E-state index contributed by atoms with van der Waals surface area (Å²) in [4.78, 5) is 10.8. The molecule has 3 N–H and O–H groups in total. The number of carbonyl (C=O) groups excluding carboxylic acids is 1. The number of primary amides is 1. The number of hydrogen-bond donors (Lipinski definition) is 2. The molecule has 1 aliphatic carbocycles. The fraction of sp³-hybridized carbons (Fsp3) is 0.500. The molecular formula is C16H20FN3O. The van der Waals surface area contributed by atoms with Crippen LogP contribution >= 0.6 is 0 Å². The number of benzene rings is 1. The average Bonchev–Trinajstić information content (AvgIpc) is 2.40. The van der Waals surface area contributed by atoms with E-state index in [0.717, 1.165) is 19.3 Å². The quantitative estimate of drug-likeness (QED) is 0.844. The van der Waals surface area contributed by atoms with Crippen molar-refractivity contribution in [3.05, 3.63) is 29.6 Å². The first kappa shape index (κ1) is 15.3. The zero-order valence-electron chi connectivity index (χ0n) is 12.2. The van der Waals surface area contributed by atoms with Crippen molar-refractivity contribution in [3.8, 4) is 6.07 Å². The molecule has 0 aromatic heterocycles. The molecular weight excluding hydrogens is 269 g/mol. The van der Waals surface area contributed by atoms with E-state index in [2.05, 4.69) is 11.4 Å². The number of carbonyl (C=O) groups is 1. The Labute approximate surface area is 124 Å².